The maximum Gasteiger partial charge on any atom is 0.261 e. The summed E-state index contributed by atoms with van der Waals surface area (Å²) < 4.78 is 33.5. The first kappa shape index (κ1) is 22.1. The Balaban J connectivity index is 2.05. The van der Waals surface area contributed by atoms with E-state index < -0.39 is 16.1 Å². The maximum absolute atomic E-state index is 12.6. The molecule has 1 amide bonds. The highest BCUT2D eigenvalue weighted by Crippen LogP contribution is 2.27. The van der Waals surface area contributed by atoms with E-state index in [9.17, 15) is 13.2 Å². The highest BCUT2D eigenvalue weighted by Gasteiger charge is 2.18. The lowest BCUT2D eigenvalue weighted by molar-refractivity contribution is -0.127. The van der Waals surface area contributed by atoms with Gasteiger partial charge in [0.25, 0.3) is 15.9 Å². The molecule has 2 rings (SSSR count). The van der Waals surface area contributed by atoms with Crippen LogP contribution in [0.2, 0.25) is 0 Å². The molecule has 0 saturated carbocycles. The van der Waals surface area contributed by atoms with Crippen molar-refractivity contribution in [3.8, 4) is 5.75 Å². The van der Waals surface area contributed by atoms with Gasteiger partial charge in [-0.25, -0.2) is 8.42 Å². The van der Waals surface area contributed by atoms with E-state index in [1.807, 2.05) is 32.2 Å². The molecule has 0 heterocycles. The van der Waals surface area contributed by atoms with Crippen LogP contribution in [0.25, 0.3) is 0 Å². The minimum Gasteiger partial charge on any atom is -0.481 e. The van der Waals surface area contributed by atoms with Crippen LogP contribution in [-0.4, -0.2) is 33.2 Å². The van der Waals surface area contributed by atoms with Crippen molar-refractivity contribution in [2.45, 2.75) is 36.7 Å². The zero-order valence-corrected chi connectivity index (χ0v) is 18.1. The molecule has 0 fully saturated rings. The molecule has 0 aliphatic rings. The monoisotopic (exact) mass is 422 g/mol. The van der Waals surface area contributed by atoms with Gasteiger partial charge in [-0.05, 0) is 55.5 Å². The number of amides is 1. The standard InChI is InChI=1S/C20H26N2O4S2/c1-14(2)13-21-20(23)15(3)26-16-9-11-17(12-10-16)28(24,25)22-18-7-5-6-8-19(18)27-4/h5-12,14-15,22H,13H2,1-4H3,(H,21,23)/t15-/m0/s1. The van der Waals surface area contributed by atoms with E-state index in [4.69, 9.17) is 4.74 Å². The second-order valence-electron chi connectivity index (χ2n) is 6.68. The van der Waals surface area contributed by atoms with Crippen LogP contribution in [0.15, 0.2) is 58.3 Å². The van der Waals surface area contributed by atoms with E-state index in [2.05, 4.69) is 10.0 Å². The molecular weight excluding hydrogens is 396 g/mol. The first-order chi connectivity index (χ1) is 13.2. The number of carbonyl (C=O) groups is 1. The molecule has 2 aromatic rings. The van der Waals surface area contributed by atoms with Gasteiger partial charge >= 0.3 is 0 Å². The molecule has 0 unspecified atom stereocenters. The zero-order chi connectivity index (χ0) is 20.7. The Morgan fingerprint density at radius 3 is 2.32 bits per heavy atom. The fourth-order valence-electron chi connectivity index (χ4n) is 2.34. The van der Waals surface area contributed by atoms with E-state index >= 15 is 0 Å². The Bertz CT molecular complexity index is 897. The minimum absolute atomic E-state index is 0.118. The van der Waals surface area contributed by atoms with Crippen molar-refractivity contribution in [2.24, 2.45) is 5.92 Å². The predicted molar refractivity (Wildman–Crippen MR) is 113 cm³/mol. The summed E-state index contributed by atoms with van der Waals surface area (Å²) in [4.78, 5) is 13.0. The van der Waals surface area contributed by atoms with Crippen molar-refractivity contribution in [2.75, 3.05) is 17.5 Å². The number of carbonyl (C=O) groups excluding carboxylic acids is 1. The molecule has 1 atom stereocenters. The molecule has 8 heteroatoms. The quantitative estimate of drug-likeness (QED) is 0.601. The summed E-state index contributed by atoms with van der Waals surface area (Å²) in [6.45, 7) is 6.25. The number of thioether (sulfide) groups is 1. The van der Waals surface area contributed by atoms with Crippen molar-refractivity contribution in [3.63, 3.8) is 0 Å². The van der Waals surface area contributed by atoms with Crippen LogP contribution in [0.4, 0.5) is 5.69 Å². The third kappa shape index (κ3) is 6.17. The van der Waals surface area contributed by atoms with Gasteiger partial charge in [0.05, 0.1) is 10.6 Å². The number of sulfonamides is 1. The van der Waals surface area contributed by atoms with Crippen molar-refractivity contribution in [1.29, 1.82) is 0 Å². The van der Waals surface area contributed by atoms with Crippen LogP contribution in [0, 0.1) is 5.92 Å². The van der Waals surface area contributed by atoms with Crippen LogP contribution in [-0.2, 0) is 14.8 Å². The number of benzene rings is 2. The molecule has 2 N–H and O–H groups in total. The van der Waals surface area contributed by atoms with Gasteiger partial charge in [-0.2, -0.15) is 0 Å². The molecule has 28 heavy (non-hydrogen) atoms. The predicted octanol–water partition coefficient (Wildman–Crippen LogP) is 3.75. The average molecular weight is 423 g/mol. The first-order valence-electron chi connectivity index (χ1n) is 8.93. The average Bonchev–Trinajstić information content (AvgIpc) is 2.66. The zero-order valence-electron chi connectivity index (χ0n) is 16.4. The normalized spacial score (nSPS) is 12.5. The fourth-order valence-corrected chi connectivity index (χ4v) is 4.03. The van der Waals surface area contributed by atoms with Gasteiger partial charge in [-0.3, -0.25) is 9.52 Å². The number of hydrogen-bond acceptors (Lipinski definition) is 5. The van der Waals surface area contributed by atoms with Crippen LogP contribution in [0.5, 0.6) is 5.75 Å². The molecule has 0 aromatic heterocycles. The van der Waals surface area contributed by atoms with Crippen LogP contribution < -0.4 is 14.8 Å². The first-order valence-corrected chi connectivity index (χ1v) is 11.6. The molecule has 0 radical (unpaired) electrons. The van der Waals surface area contributed by atoms with Crippen molar-refractivity contribution in [1.82, 2.24) is 5.32 Å². The summed E-state index contributed by atoms with van der Waals surface area (Å²) in [7, 11) is -3.72. The Hall–Kier alpha value is -2.19. The lowest BCUT2D eigenvalue weighted by Gasteiger charge is -2.16. The summed E-state index contributed by atoms with van der Waals surface area (Å²) in [5.41, 5.74) is 0.533. The van der Waals surface area contributed by atoms with Gasteiger partial charge in [0.2, 0.25) is 0 Å². The highest BCUT2D eigenvalue weighted by molar-refractivity contribution is 7.99. The smallest absolute Gasteiger partial charge is 0.261 e. The number of ether oxygens (including phenoxy) is 1. The molecule has 6 nitrogen and oxygen atoms in total. The van der Waals surface area contributed by atoms with E-state index in [0.29, 0.717) is 23.9 Å². The Kier molecular flexibility index (Phi) is 7.77. The van der Waals surface area contributed by atoms with Crippen molar-refractivity contribution in [3.05, 3.63) is 48.5 Å². The summed E-state index contributed by atoms with van der Waals surface area (Å²) in [6, 6.07) is 13.2. The molecule has 0 aliphatic carbocycles. The van der Waals surface area contributed by atoms with E-state index in [1.165, 1.54) is 23.9 Å². The topological polar surface area (TPSA) is 84.5 Å². The van der Waals surface area contributed by atoms with Gasteiger partial charge in [0.15, 0.2) is 6.10 Å². The highest BCUT2D eigenvalue weighted by atomic mass is 32.2. The van der Waals surface area contributed by atoms with Gasteiger partial charge in [-0.15, -0.1) is 11.8 Å². The van der Waals surface area contributed by atoms with Crippen LogP contribution >= 0.6 is 11.8 Å². The number of anilines is 1. The number of rotatable bonds is 9. The summed E-state index contributed by atoms with van der Waals surface area (Å²) in [6.07, 6.45) is 1.21. The maximum atomic E-state index is 12.6. The minimum atomic E-state index is -3.72. The van der Waals surface area contributed by atoms with Crippen LogP contribution in [0.1, 0.15) is 20.8 Å². The van der Waals surface area contributed by atoms with Gasteiger partial charge in [0, 0.05) is 11.4 Å². The Morgan fingerprint density at radius 2 is 1.71 bits per heavy atom. The molecule has 0 saturated heterocycles. The molecule has 0 spiro atoms. The Labute approximate surface area is 171 Å². The number of para-hydroxylation sites is 1. The molecule has 0 bridgehead atoms. The Morgan fingerprint density at radius 1 is 1.07 bits per heavy atom. The summed E-state index contributed by atoms with van der Waals surface area (Å²) in [5, 5.41) is 2.80. The van der Waals surface area contributed by atoms with E-state index in [-0.39, 0.29) is 10.8 Å². The fraction of sp³-hybridized carbons (Fsp3) is 0.350. The summed E-state index contributed by atoms with van der Waals surface area (Å²) in [5.74, 6) is 0.570. The van der Waals surface area contributed by atoms with Crippen molar-refractivity contribution < 1.29 is 17.9 Å². The largest absolute Gasteiger partial charge is 0.481 e. The van der Waals surface area contributed by atoms with Gasteiger partial charge in [-0.1, -0.05) is 26.0 Å². The third-order valence-corrected chi connectivity index (χ3v) is 6.03. The van der Waals surface area contributed by atoms with Gasteiger partial charge in [0.1, 0.15) is 5.75 Å². The SMILES string of the molecule is CSc1ccccc1NS(=O)(=O)c1ccc(O[C@@H](C)C(=O)NCC(C)C)cc1. The molecule has 2 aromatic carbocycles. The van der Waals surface area contributed by atoms with Gasteiger partial charge < -0.3 is 10.1 Å². The van der Waals surface area contributed by atoms with Crippen LogP contribution in [0.3, 0.4) is 0 Å². The third-order valence-electron chi connectivity index (χ3n) is 3.85. The lowest BCUT2D eigenvalue weighted by atomic mass is 10.2. The van der Waals surface area contributed by atoms with E-state index in [0.717, 1.165) is 4.90 Å². The second-order valence-corrected chi connectivity index (χ2v) is 9.21. The molecule has 0 aliphatic heterocycles. The molecule has 152 valence electrons. The van der Waals surface area contributed by atoms with Crippen molar-refractivity contribution >= 4 is 33.4 Å². The second kappa shape index (κ2) is 9.84. The molecular formula is C20H26N2O4S2. The number of hydrogen-bond donors (Lipinski definition) is 2. The summed E-state index contributed by atoms with van der Waals surface area (Å²) >= 11 is 1.46. The lowest BCUT2D eigenvalue weighted by Crippen LogP contribution is -2.38. The number of nitrogens with one attached hydrogen (secondary N) is 2. The van der Waals surface area contributed by atoms with E-state index in [1.54, 1.807) is 31.2 Å².